The summed E-state index contributed by atoms with van der Waals surface area (Å²) in [5, 5.41) is 13.3. The van der Waals surface area contributed by atoms with Gasteiger partial charge in [-0.3, -0.25) is 4.57 Å². The van der Waals surface area contributed by atoms with E-state index in [0.717, 1.165) is 5.69 Å². The summed E-state index contributed by atoms with van der Waals surface area (Å²) in [6.07, 6.45) is 0.667. The van der Waals surface area contributed by atoms with E-state index in [4.69, 9.17) is 12.2 Å². The number of thiophene rings is 1. The van der Waals surface area contributed by atoms with E-state index in [1.807, 2.05) is 12.1 Å². The van der Waals surface area contributed by atoms with Crippen LogP contribution in [0.15, 0.2) is 29.6 Å². The Labute approximate surface area is 113 Å². The zero-order valence-corrected chi connectivity index (χ0v) is 11.4. The molecule has 92 valence electrons. The van der Waals surface area contributed by atoms with Crippen molar-refractivity contribution in [1.29, 1.82) is 0 Å². The van der Waals surface area contributed by atoms with Crippen molar-refractivity contribution < 1.29 is 5.11 Å². The Bertz CT molecular complexity index is 767. The van der Waals surface area contributed by atoms with Crippen LogP contribution in [-0.2, 0) is 13.5 Å². The molecule has 0 radical (unpaired) electrons. The number of nitrogens with zero attached hydrogens (tertiary/aromatic N) is 1. The largest absolute Gasteiger partial charge is 0.493 e. The lowest BCUT2D eigenvalue weighted by Gasteiger charge is -1.99. The minimum atomic E-state index is 0.218. The number of hydrogen-bond acceptors (Lipinski definition) is 3. The SMILES string of the molecule is Cn1c(O)c(Cc2csc3ccccc23)[nH]c1=S. The van der Waals surface area contributed by atoms with Crippen molar-refractivity contribution >= 4 is 33.6 Å². The van der Waals surface area contributed by atoms with Gasteiger partial charge < -0.3 is 10.1 Å². The fraction of sp³-hybridized carbons (Fsp3) is 0.154. The predicted molar refractivity (Wildman–Crippen MR) is 76.9 cm³/mol. The quantitative estimate of drug-likeness (QED) is 0.702. The first-order chi connectivity index (χ1) is 8.66. The first-order valence-electron chi connectivity index (χ1n) is 5.59. The fourth-order valence-corrected chi connectivity index (χ4v) is 3.22. The number of hydrogen-bond donors (Lipinski definition) is 2. The highest BCUT2D eigenvalue weighted by Crippen LogP contribution is 2.29. The molecule has 18 heavy (non-hydrogen) atoms. The number of nitrogens with one attached hydrogen (secondary N) is 1. The predicted octanol–water partition coefficient (Wildman–Crippen LogP) is 3.59. The third-order valence-electron chi connectivity index (χ3n) is 3.08. The van der Waals surface area contributed by atoms with Crippen molar-refractivity contribution in [3.05, 3.63) is 45.7 Å². The summed E-state index contributed by atoms with van der Waals surface area (Å²) in [6, 6.07) is 8.29. The maximum atomic E-state index is 9.96. The standard InChI is InChI=1S/C13H12N2OS2/c1-15-12(16)10(14-13(15)17)6-8-7-18-11-5-3-2-4-9(8)11/h2-5,7,16H,6H2,1H3,(H,14,17). The van der Waals surface area contributed by atoms with Crippen LogP contribution in [0.1, 0.15) is 11.3 Å². The van der Waals surface area contributed by atoms with E-state index in [1.165, 1.54) is 15.6 Å². The van der Waals surface area contributed by atoms with Crippen LogP contribution in [0.5, 0.6) is 5.88 Å². The Kier molecular flexibility index (Phi) is 2.72. The first kappa shape index (κ1) is 11.5. The van der Waals surface area contributed by atoms with E-state index in [-0.39, 0.29) is 5.88 Å². The minimum Gasteiger partial charge on any atom is -0.493 e. The Morgan fingerprint density at radius 2 is 2.17 bits per heavy atom. The molecule has 0 amide bonds. The van der Waals surface area contributed by atoms with E-state index in [0.29, 0.717) is 11.2 Å². The van der Waals surface area contributed by atoms with Crippen LogP contribution >= 0.6 is 23.6 Å². The van der Waals surface area contributed by atoms with Crippen LogP contribution in [-0.4, -0.2) is 14.7 Å². The van der Waals surface area contributed by atoms with Crippen LogP contribution in [0.25, 0.3) is 10.1 Å². The molecule has 2 heterocycles. The molecule has 2 aromatic heterocycles. The summed E-state index contributed by atoms with van der Waals surface area (Å²) in [5.74, 6) is 0.218. The summed E-state index contributed by atoms with van der Waals surface area (Å²) in [6.45, 7) is 0. The molecule has 0 unspecified atom stereocenters. The van der Waals surface area contributed by atoms with E-state index in [1.54, 1.807) is 23.0 Å². The van der Waals surface area contributed by atoms with E-state index in [9.17, 15) is 5.11 Å². The molecule has 1 aromatic carbocycles. The zero-order chi connectivity index (χ0) is 12.7. The highest BCUT2D eigenvalue weighted by molar-refractivity contribution is 7.71. The van der Waals surface area contributed by atoms with Crippen molar-refractivity contribution in [2.24, 2.45) is 7.05 Å². The Hall–Kier alpha value is -1.59. The van der Waals surface area contributed by atoms with Gasteiger partial charge in [0.05, 0.1) is 5.69 Å². The van der Waals surface area contributed by atoms with Crippen LogP contribution in [0.3, 0.4) is 0 Å². The number of aromatic hydroxyl groups is 1. The van der Waals surface area contributed by atoms with Gasteiger partial charge in [-0.2, -0.15) is 0 Å². The summed E-state index contributed by atoms with van der Waals surface area (Å²) >= 11 is 6.82. The highest BCUT2D eigenvalue weighted by Gasteiger charge is 2.11. The molecule has 0 aliphatic heterocycles. The topological polar surface area (TPSA) is 41.0 Å². The molecule has 3 rings (SSSR count). The molecule has 3 aromatic rings. The molecular formula is C13H12N2OS2. The van der Waals surface area contributed by atoms with Crippen LogP contribution in [0.2, 0.25) is 0 Å². The summed E-state index contributed by atoms with van der Waals surface area (Å²) in [4.78, 5) is 3.05. The van der Waals surface area contributed by atoms with Crippen LogP contribution < -0.4 is 0 Å². The van der Waals surface area contributed by atoms with Crippen molar-refractivity contribution in [1.82, 2.24) is 9.55 Å². The molecule has 0 atom stereocenters. The molecule has 5 heteroatoms. The lowest BCUT2D eigenvalue weighted by Crippen LogP contribution is -1.89. The Morgan fingerprint density at radius 1 is 1.39 bits per heavy atom. The van der Waals surface area contributed by atoms with E-state index in [2.05, 4.69) is 22.5 Å². The Morgan fingerprint density at radius 3 is 2.89 bits per heavy atom. The van der Waals surface area contributed by atoms with Gasteiger partial charge >= 0.3 is 0 Å². The lowest BCUT2D eigenvalue weighted by molar-refractivity contribution is 0.426. The third kappa shape index (κ3) is 1.76. The summed E-state index contributed by atoms with van der Waals surface area (Å²) in [5.41, 5.74) is 1.98. The van der Waals surface area contributed by atoms with Gasteiger partial charge in [-0.05, 0) is 34.6 Å². The van der Waals surface area contributed by atoms with Gasteiger partial charge in [-0.15, -0.1) is 11.3 Å². The minimum absolute atomic E-state index is 0.218. The monoisotopic (exact) mass is 276 g/mol. The van der Waals surface area contributed by atoms with Gasteiger partial charge in [0.15, 0.2) is 4.77 Å². The molecule has 0 saturated heterocycles. The van der Waals surface area contributed by atoms with Gasteiger partial charge in [0.2, 0.25) is 5.88 Å². The second-order valence-electron chi connectivity index (χ2n) is 4.23. The number of imidazole rings is 1. The number of rotatable bonds is 2. The molecule has 0 spiro atoms. The van der Waals surface area contributed by atoms with E-state index < -0.39 is 0 Å². The molecule has 0 aliphatic carbocycles. The lowest BCUT2D eigenvalue weighted by atomic mass is 10.1. The third-order valence-corrected chi connectivity index (χ3v) is 4.47. The number of fused-ring (bicyclic) bond motifs is 1. The molecule has 0 saturated carbocycles. The maximum absolute atomic E-state index is 9.96. The van der Waals surface area contributed by atoms with E-state index >= 15 is 0 Å². The number of aromatic amines is 1. The Balaban J connectivity index is 2.06. The summed E-state index contributed by atoms with van der Waals surface area (Å²) < 4.78 is 3.39. The molecule has 0 fully saturated rings. The molecule has 0 bridgehead atoms. The van der Waals surface area contributed by atoms with Crippen LogP contribution in [0.4, 0.5) is 0 Å². The highest BCUT2D eigenvalue weighted by atomic mass is 32.1. The average molecular weight is 276 g/mol. The number of benzene rings is 1. The molecular weight excluding hydrogens is 264 g/mol. The summed E-state index contributed by atoms with van der Waals surface area (Å²) in [7, 11) is 1.75. The number of aromatic nitrogens is 2. The van der Waals surface area contributed by atoms with Gasteiger partial charge in [0.25, 0.3) is 0 Å². The normalized spacial score (nSPS) is 11.2. The zero-order valence-electron chi connectivity index (χ0n) is 9.80. The van der Waals surface area contributed by atoms with Gasteiger partial charge in [0, 0.05) is 18.2 Å². The molecule has 3 nitrogen and oxygen atoms in total. The molecule has 0 aliphatic rings. The van der Waals surface area contributed by atoms with Crippen LogP contribution in [0, 0.1) is 4.77 Å². The second kappa shape index (κ2) is 4.26. The van der Waals surface area contributed by atoms with Gasteiger partial charge in [-0.1, -0.05) is 18.2 Å². The number of H-pyrrole nitrogens is 1. The average Bonchev–Trinajstić information content (AvgIpc) is 2.89. The van der Waals surface area contributed by atoms with Crippen molar-refractivity contribution in [2.75, 3.05) is 0 Å². The van der Waals surface area contributed by atoms with Gasteiger partial charge in [-0.25, -0.2) is 0 Å². The maximum Gasteiger partial charge on any atom is 0.213 e. The van der Waals surface area contributed by atoms with Crippen molar-refractivity contribution in [3.63, 3.8) is 0 Å². The smallest absolute Gasteiger partial charge is 0.213 e. The fourth-order valence-electron chi connectivity index (χ4n) is 2.05. The van der Waals surface area contributed by atoms with Crippen molar-refractivity contribution in [2.45, 2.75) is 6.42 Å². The second-order valence-corrected chi connectivity index (χ2v) is 5.52. The first-order valence-corrected chi connectivity index (χ1v) is 6.87. The van der Waals surface area contributed by atoms with Crippen molar-refractivity contribution in [3.8, 4) is 5.88 Å². The van der Waals surface area contributed by atoms with Gasteiger partial charge in [0.1, 0.15) is 0 Å². The molecule has 2 N–H and O–H groups in total.